The van der Waals surface area contributed by atoms with E-state index in [1.807, 2.05) is 6.08 Å². The maximum absolute atomic E-state index is 5.82. The molecule has 0 saturated heterocycles. The molecule has 3 nitrogen and oxygen atoms in total. The van der Waals surface area contributed by atoms with Crippen LogP contribution in [-0.2, 0) is 0 Å². The molecule has 5 heteroatoms. The second kappa shape index (κ2) is 6.82. The molecule has 1 atom stereocenters. The van der Waals surface area contributed by atoms with Crippen LogP contribution >= 0.6 is 23.2 Å². The van der Waals surface area contributed by atoms with Crippen molar-refractivity contribution in [2.45, 2.75) is 32.7 Å². The van der Waals surface area contributed by atoms with Gasteiger partial charge in [0.1, 0.15) is 10.3 Å². The number of aromatic nitrogens is 2. The van der Waals surface area contributed by atoms with Crippen LogP contribution in [0.2, 0.25) is 10.3 Å². The van der Waals surface area contributed by atoms with Gasteiger partial charge in [0.25, 0.3) is 0 Å². The lowest BCUT2D eigenvalue weighted by Crippen LogP contribution is -2.22. The van der Waals surface area contributed by atoms with E-state index in [9.17, 15) is 0 Å². The fourth-order valence-electron chi connectivity index (χ4n) is 1.62. The summed E-state index contributed by atoms with van der Waals surface area (Å²) in [4.78, 5) is 8.18. The summed E-state index contributed by atoms with van der Waals surface area (Å²) in [6.07, 6.45) is 3.75. The number of anilines is 1. The molecule has 1 heterocycles. The molecule has 1 rings (SSSR count). The van der Waals surface area contributed by atoms with Crippen molar-refractivity contribution < 1.29 is 0 Å². The number of hydrogen-bond acceptors (Lipinski definition) is 3. The van der Waals surface area contributed by atoms with Gasteiger partial charge >= 0.3 is 0 Å². The zero-order valence-electron chi connectivity index (χ0n) is 10.1. The molecule has 0 aliphatic rings. The van der Waals surface area contributed by atoms with Gasteiger partial charge in [-0.05, 0) is 18.8 Å². The maximum Gasteiger partial charge on any atom is 0.225 e. The normalized spacial score (nSPS) is 12.5. The van der Waals surface area contributed by atoms with Gasteiger partial charge < -0.3 is 5.32 Å². The van der Waals surface area contributed by atoms with Crippen molar-refractivity contribution in [3.8, 4) is 0 Å². The Balaban J connectivity index is 2.73. The van der Waals surface area contributed by atoms with Crippen LogP contribution in [0, 0.1) is 5.92 Å². The Kier molecular flexibility index (Phi) is 5.72. The molecule has 17 heavy (non-hydrogen) atoms. The van der Waals surface area contributed by atoms with Gasteiger partial charge in [-0.25, -0.2) is 9.97 Å². The molecule has 0 aliphatic carbocycles. The number of nitrogens with zero attached hydrogens (tertiary/aromatic N) is 2. The molecule has 94 valence electrons. The number of hydrogen-bond donors (Lipinski definition) is 1. The van der Waals surface area contributed by atoms with E-state index in [4.69, 9.17) is 23.2 Å². The van der Waals surface area contributed by atoms with Crippen LogP contribution in [0.3, 0.4) is 0 Å². The van der Waals surface area contributed by atoms with Crippen molar-refractivity contribution >= 4 is 29.2 Å². The molecule has 0 aromatic carbocycles. The lowest BCUT2D eigenvalue weighted by atomic mass is 10.0. The lowest BCUT2D eigenvalue weighted by molar-refractivity contribution is 0.518. The monoisotopic (exact) mass is 273 g/mol. The van der Waals surface area contributed by atoms with E-state index < -0.39 is 0 Å². The van der Waals surface area contributed by atoms with Gasteiger partial charge in [-0.1, -0.05) is 43.1 Å². The molecule has 0 unspecified atom stereocenters. The van der Waals surface area contributed by atoms with E-state index in [-0.39, 0.29) is 6.04 Å². The number of halogens is 2. The molecule has 0 aliphatic heterocycles. The molecule has 1 aromatic rings. The Hall–Kier alpha value is -0.800. The average molecular weight is 274 g/mol. The highest BCUT2D eigenvalue weighted by atomic mass is 35.5. The van der Waals surface area contributed by atoms with Crippen LogP contribution in [0.25, 0.3) is 0 Å². The van der Waals surface area contributed by atoms with Crippen molar-refractivity contribution in [1.29, 1.82) is 0 Å². The van der Waals surface area contributed by atoms with Gasteiger partial charge in [-0.15, -0.1) is 6.58 Å². The van der Waals surface area contributed by atoms with Crippen LogP contribution in [-0.4, -0.2) is 16.0 Å². The van der Waals surface area contributed by atoms with Crippen molar-refractivity contribution in [3.63, 3.8) is 0 Å². The van der Waals surface area contributed by atoms with E-state index in [0.717, 1.165) is 12.8 Å². The largest absolute Gasteiger partial charge is 0.351 e. The second-order valence-electron chi connectivity index (χ2n) is 4.33. The smallest absolute Gasteiger partial charge is 0.225 e. The third kappa shape index (κ3) is 5.37. The third-order valence-electron chi connectivity index (χ3n) is 2.20. The highest BCUT2D eigenvalue weighted by Crippen LogP contribution is 2.17. The second-order valence-corrected chi connectivity index (χ2v) is 5.11. The predicted octanol–water partition coefficient (Wildman–Crippen LogP) is 4.19. The van der Waals surface area contributed by atoms with Gasteiger partial charge in [0.15, 0.2) is 0 Å². The minimum absolute atomic E-state index is 0.252. The van der Waals surface area contributed by atoms with E-state index >= 15 is 0 Å². The minimum Gasteiger partial charge on any atom is -0.351 e. The number of nitrogens with one attached hydrogen (secondary N) is 1. The number of rotatable bonds is 6. The Morgan fingerprint density at radius 1 is 1.35 bits per heavy atom. The quantitative estimate of drug-likeness (QED) is 0.624. The first-order chi connectivity index (χ1) is 8.01. The highest BCUT2D eigenvalue weighted by molar-refractivity contribution is 6.33. The molecular weight excluding hydrogens is 257 g/mol. The van der Waals surface area contributed by atoms with E-state index in [2.05, 4.69) is 35.7 Å². The zero-order valence-corrected chi connectivity index (χ0v) is 11.6. The zero-order chi connectivity index (χ0) is 12.8. The van der Waals surface area contributed by atoms with Gasteiger partial charge in [0.2, 0.25) is 5.95 Å². The SMILES string of the molecule is C=CC[C@@H](CC(C)C)Nc1nc(Cl)cc(Cl)n1. The van der Waals surface area contributed by atoms with E-state index in [1.165, 1.54) is 6.07 Å². The predicted molar refractivity (Wildman–Crippen MR) is 73.7 cm³/mol. The van der Waals surface area contributed by atoms with Gasteiger partial charge in [0, 0.05) is 12.1 Å². The fraction of sp³-hybridized carbons (Fsp3) is 0.500. The molecule has 0 amide bonds. The summed E-state index contributed by atoms with van der Waals surface area (Å²) in [5.41, 5.74) is 0. The molecule has 1 N–H and O–H groups in total. The summed E-state index contributed by atoms with van der Waals surface area (Å²) in [5, 5.41) is 3.91. The first kappa shape index (κ1) is 14.3. The van der Waals surface area contributed by atoms with Crippen molar-refractivity contribution in [1.82, 2.24) is 9.97 Å². The van der Waals surface area contributed by atoms with Crippen LogP contribution in [0.4, 0.5) is 5.95 Å². The van der Waals surface area contributed by atoms with Gasteiger partial charge in [-0.2, -0.15) is 0 Å². The summed E-state index contributed by atoms with van der Waals surface area (Å²) >= 11 is 11.6. The summed E-state index contributed by atoms with van der Waals surface area (Å²) in [6.45, 7) is 8.09. The van der Waals surface area contributed by atoms with E-state index in [0.29, 0.717) is 22.2 Å². The molecule has 0 spiro atoms. The average Bonchev–Trinajstić information content (AvgIpc) is 2.14. The highest BCUT2D eigenvalue weighted by Gasteiger charge is 2.11. The van der Waals surface area contributed by atoms with Gasteiger partial charge in [-0.3, -0.25) is 0 Å². The standard InChI is InChI=1S/C12H17Cl2N3/c1-4-5-9(6-8(2)3)15-12-16-10(13)7-11(14)17-12/h4,7-9H,1,5-6H2,2-3H3,(H,15,16,17)/t9-/m0/s1. The molecule has 1 aromatic heterocycles. The lowest BCUT2D eigenvalue weighted by Gasteiger charge is -2.19. The summed E-state index contributed by atoms with van der Waals surface area (Å²) in [6, 6.07) is 1.77. The maximum atomic E-state index is 5.82. The van der Waals surface area contributed by atoms with Crippen molar-refractivity contribution in [3.05, 3.63) is 29.0 Å². The first-order valence-corrected chi connectivity index (χ1v) is 6.34. The Morgan fingerprint density at radius 3 is 2.41 bits per heavy atom. The van der Waals surface area contributed by atoms with Crippen LogP contribution in [0.15, 0.2) is 18.7 Å². The molecular formula is C12H17Cl2N3. The summed E-state index contributed by atoms with van der Waals surface area (Å²) in [5.74, 6) is 1.05. The molecule has 0 bridgehead atoms. The van der Waals surface area contributed by atoms with Crippen LogP contribution < -0.4 is 5.32 Å². The van der Waals surface area contributed by atoms with Crippen molar-refractivity contribution in [2.24, 2.45) is 5.92 Å². The third-order valence-corrected chi connectivity index (χ3v) is 2.59. The Labute approximate surface area is 112 Å². The van der Waals surface area contributed by atoms with Crippen molar-refractivity contribution in [2.75, 3.05) is 5.32 Å². The summed E-state index contributed by atoms with van der Waals surface area (Å²) in [7, 11) is 0. The minimum atomic E-state index is 0.252. The molecule has 0 saturated carbocycles. The first-order valence-electron chi connectivity index (χ1n) is 5.58. The van der Waals surface area contributed by atoms with Crippen LogP contribution in [0.1, 0.15) is 26.7 Å². The van der Waals surface area contributed by atoms with Crippen LogP contribution in [0.5, 0.6) is 0 Å². The fourth-order valence-corrected chi connectivity index (χ4v) is 2.04. The van der Waals surface area contributed by atoms with E-state index in [1.54, 1.807) is 0 Å². The van der Waals surface area contributed by atoms with Gasteiger partial charge in [0.05, 0.1) is 0 Å². The summed E-state index contributed by atoms with van der Waals surface area (Å²) < 4.78 is 0. The molecule has 0 fully saturated rings. The Bertz CT molecular complexity index is 360. The topological polar surface area (TPSA) is 37.8 Å². The Morgan fingerprint density at radius 2 is 1.94 bits per heavy atom. The molecule has 0 radical (unpaired) electrons.